The Morgan fingerprint density at radius 3 is 2.95 bits per heavy atom. The number of amides is 1. The highest BCUT2D eigenvalue weighted by Crippen LogP contribution is 2.19. The second-order valence-electron chi connectivity index (χ2n) is 4.51. The van der Waals surface area contributed by atoms with Crippen molar-refractivity contribution in [2.75, 3.05) is 12.4 Å². The molecule has 0 aliphatic rings. The zero-order chi connectivity index (χ0) is 14.5. The van der Waals surface area contributed by atoms with Gasteiger partial charge in [-0.15, -0.1) is 0 Å². The van der Waals surface area contributed by atoms with E-state index in [-0.39, 0.29) is 11.9 Å². The number of pyridine rings is 1. The fourth-order valence-electron chi connectivity index (χ4n) is 1.87. The highest BCUT2D eigenvalue weighted by molar-refractivity contribution is 7.07. The number of nitrogens with one attached hydrogen (secondary N) is 2. The van der Waals surface area contributed by atoms with E-state index in [0.717, 1.165) is 6.42 Å². The van der Waals surface area contributed by atoms with Crippen molar-refractivity contribution < 1.29 is 4.79 Å². The Hall–Kier alpha value is -1.59. The Labute approximate surface area is 127 Å². The van der Waals surface area contributed by atoms with E-state index < -0.39 is 0 Å². The Morgan fingerprint density at radius 2 is 2.35 bits per heavy atom. The van der Waals surface area contributed by atoms with Crippen molar-refractivity contribution >= 4 is 34.7 Å². The first-order chi connectivity index (χ1) is 9.60. The first kappa shape index (κ1) is 14.8. The third-order valence-electron chi connectivity index (χ3n) is 2.84. The molecule has 0 aliphatic carbocycles. The van der Waals surface area contributed by atoms with Crippen LogP contribution >= 0.6 is 22.9 Å². The summed E-state index contributed by atoms with van der Waals surface area (Å²) in [6.45, 7) is 1.98. The number of thiophene rings is 1. The summed E-state index contributed by atoms with van der Waals surface area (Å²) < 4.78 is 0. The number of hydrogen-bond donors (Lipinski definition) is 2. The molecule has 4 nitrogen and oxygen atoms in total. The maximum Gasteiger partial charge on any atom is 0.253 e. The van der Waals surface area contributed by atoms with E-state index in [0.29, 0.717) is 16.4 Å². The molecule has 0 spiro atoms. The zero-order valence-electron chi connectivity index (χ0n) is 11.3. The van der Waals surface area contributed by atoms with Crippen LogP contribution in [0.15, 0.2) is 29.1 Å². The molecule has 0 fully saturated rings. The van der Waals surface area contributed by atoms with Gasteiger partial charge >= 0.3 is 0 Å². The number of halogens is 1. The second kappa shape index (κ2) is 6.72. The van der Waals surface area contributed by atoms with Gasteiger partial charge in [-0.2, -0.15) is 11.3 Å². The van der Waals surface area contributed by atoms with E-state index in [1.165, 1.54) is 11.8 Å². The standard InChI is InChI=1S/C14H16ClN3OS/c1-9(5-10-3-4-20-8-10)18-14(19)11-6-12(15)13(16-2)17-7-11/h3-4,6-9H,5H2,1-2H3,(H,16,17)(H,18,19). The summed E-state index contributed by atoms with van der Waals surface area (Å²) in [5, 5.41) is 10.4. The molecular formula is C14H16ClN3OS. The fraction of sp³-hybridized carbons (Fsp3) is 0.286. The molecule has 1 amide bonds. The molecule has 6 heteroatoms. The third-order valence-corrected chi connectivity index (χ3v) is 3.86. The molecule has 2 aromatic rings. The van der Waals surface area contributed by atoms with E-state index in [2.05, 4.69) is 27.1 Å². The highest BCUT2D eigenvalue weighted by Gasteiger charge is 2.12. The number of carbonyl (C=O) groups is 1. The van der Waals surface area contributed by atoms with Crippen LogP contribution in [0.1, 0.15) is 22.8 Å². The van der Waals surface area contributed by atoms with Crippen molar-refractivity contribution in [1.29, 1.82) is 0 Å². The zero-order valence-corrected chi connectivity index (χ0v) is 12.9. The lowest BCUT2D eigenvalue weighted by atomic mass is 10.1. The van der Waals surface area contributed by atoms with E-state index >= 15 is 0 Å². The number of hydrogen-bond acceptors (Lipinski definition) is 4. The SMILES string of the molecule is CNc1ncc(C(=O)NC(C)Cc2ccsc2)cc1Cl. The van der Waals surface area contributed by atoms with Gasteiger partial charge in [-0.3, -0.25) is 4.79 Å². The average Bonchev–Trinajstić information content (AvgIpc) is 2.91. The summed E-state index contributed by atoms with van der Waals surface area (Å²) in [6, 6.07) is 3.74. The average molecular weight is 310 g/mol. The topological polar surface area (TPSA) is 54.0 Å². The molecule has 0 bridgehead atoms. The van der Waals surface area contributed by atoms with Gasteiger partial charge in [0, 0.05) is 19.3 Å². The molecule has 0 radical (unpaired) electrons. The summed E-state index contributed by atoms with van der Waals surface area (Å²) in [7, 11) is 1.73. The van der Waals surface area contributed by atoms with Crippen LogP contribution in [-0.4, -0.2) is 24.0 Å². The van der Waals surface area contributed by atoms with Gasteiger partial charge in [0.05, 0.1) is 10.6 Å². The maximum absolute atomic E-state index is 12.1. The van der Waals surface area contributed by atoms with Gasteiger partial charge in [-0.05, 0) is 41.8 Å². The van der Waals surface area contributed by atoms with Crippen LogP contribution in [0.25, 0.3) is 0 Å². The van der Waals surface area contributed by atoms with Gasteiger partial charge in [0.1, 0.15) is 5.82 Å². The normalized spacial score (nSPS) is 11.9. The predicted octanol–water partition coefficient (Wildman–Crippen LogP) is 3.20. The molecule has 0 saturated carbocycles. The highest BCUT2D eigenvalue weighted by atomic mass is 35.5. The molecule has 1 unspecified atom stereocenters. The molecule has 0 aliphatic heterocycles. The van der Waals surface area contributed by atoms with E-state index in [1.54, 1.807) is 24.5 Å². The Morgan fingerprint density at radius 1 is 1.55 bits per heavy atom. The largest absolute Gasteiger partial charge is 0.372 e. The lowest BCUT2D eigenvalue weighted by Gasteiger charge is -2.13. The first-order valence-electron chi connectivity index (χ1n) is 6.25. The van der Waals surface area contributed by atoms with Crippen LogP contribution < -0.4 is 10.6 Å². The Kier molecular flexibility index (Phi) is 4.98. The molecule has 2 rings (SSSR count). The lowest BCUT2D eigenvalue weighted by molar-refractivity contribution is 0.0940. The minimum atomic E-state index is -0.162. The van der Waals surface area contributed by atoms with Crippen molar-refractivity contribution in [1.82, 2.24) is 10.3 Å². The van der Waals surface area contributed by atoms with E-state index in [9.17, 15) is 4.79 Å². The molecule has 0 aromatic carbocycles. The molecule has 2 N–H and O–H groups in total. The summed E-state index contributed by atoms with van der Waals surface area (Å²) in [5.74, 6) is 0.402. The summed E-state index contributed by atoms with van der Waals surface area (Å²) >= 11 is 7.68. The van der Waals surface area contributed by atoms with Crippen molar-refractivity contribution in [3.8, 4) is 0 Å². The second-order valence-corrected chi connectivity index (χ2v) is 5.70. The summed E-state index contributed by atoms with van der Waals surface area (Å²) in [5.41, 5.74) is 1.69. The van der Waals surface area contributed by atoms with Crippen molar-refractivity contribution in [3.05, 3.63) is 45.2 Å². The van der Waals surface area contributed by atoms with Gasteiger partial charge in [0.2, 0.25) is 0 Å². The van der Waals surface area contributed by atoms with Crippen LogP contribution in [0.2, 0.25) is 5.02 Å². The molecule has 20 heavy (non-hydrogen) atoms. The number of carbonyl (C=O) groups excluding carboxylic acids is 1. The van der Waals surface area contributed by atoms with Crippen molar-refractivity contribution in [2.45, 2.75) is 19.4 Å². The minimum absolute atomic E-state index is 0.0554. The van der Waals surface area contributed by atoms with Crippen LogP contribution in [0.5, 0.6) is 0 Å². The number of nitrogens with zero attached hydrogens (tertiary/aromatic N) is 1. The van der Waals surface area contributed by atoms with Crippen LogP contribution in [0, 0.1) is 0 Å². The molecule has 0 saturated heterocycles. The first-order valence-corrected chi connectivity index (χ1v) is 7.57. The Balaban J connectivity index is 1.99. The van der Waals surface area contributed by atoms with Crippen molar-refractivity contribution in [3.63, 3.8) is 0 Å². The lowest BCUT2D eigenvalue weighted by Crippen LogP contribution is -2.34. The van der Waals surface area contributed by atoms with Gasteiger partial charge in [-0.25, -0.2) is 4.98 Å². The predicted molar refractivity (Wildman–Crippen MR) is 83.7 cm³/mol. The monoisotopic (exact) mass is 309 g/mol. The van der Waals surface area contributed by atoms with Gasteiger partial charge < -0.3 is 10.6 Å². The molecular weight excluding hydrogens is 294 g/mol. The quantitative estimate of drug-likeness (QED) is 0.892. The van der Waals surface area contributed by atoms with E-state index in [4.69, 9.17) is 11.6 Å². The third kappa shape index (κ3) is 3.71. The van der Waals surface area contributed by atoms with Crippen molar-refractivity contribution in [2.24, 2.45) is 0 Å². The molecule has 2 aromatic heterocycles. The van der Waals surface area contributed by atoms with Gasteiger partial charge in [-0.1, -0.05) is 11.6 Å². The number of rotatable bonds is 5. The molecule has 106 valence electrons. The fourth-order valence-corrected chi connectivity index (χ4v) is 2.81. The van der Waals surface area contributed by atoms with Crippen LogP contribution in [-0.2, 0) is 6.42 Å². The Bertz CT molecular complexity index is 586. The minimum Gasteiger partial charge on any atom is -0.372 e. The molecule has 2 heterocycles. The summed E-state index contributed by atoms with van der Waals surface area (Å²) in [6.07, 6.45) is 2.33. The smallest absolute Gasteiger partial charge is 0.253 e. The van der Waals surface area contributed by atoms with Gasteiger partial charge in [0.25, 0.3) is 5.91 Å². The van der Waals surface area contributed by atoms with Crippen LogP contribution in [0.3, 0.4) is 0 Å². The summed E-state index contributed by atoms with van der Waals surface area (Å²) in [4.78, 5) is 16.2. The molecule has 1 atom stereocenters. The maximum atomic E-state index is 12.1. The number of anilines is 1. The van der Waals surface area contributed by atoms with Crippen LogP contribution in [0.4, 0.5) is 5.82 Å². The van der Waals surface area contributed by atoms with Gasteiger partial charge in [0.15, 0.2) is 0 Å². The number of aromatic nitrogens is 1. The van der Waals surface area contributed by atoms with E-state index in [1.807, 2.05) is 12.3 Å².